The van der Waals surface area contributed by atoms with Crippen LogP contribution in [0.3, 0.4) is 0 Å². The predicted molar refractivity (Wildman–Crippen MR) is 99.7 cm³/mol. The molecule has 0 bridgehead atoms. The number of carbonyl (C=O) groups excluding carboxylic acids is 1. The number of nitrogens with two attached hydrogens (primary N) is 1. The molecule has 3 N–H and O–H groups in total. The minimum atomic E-state index is -4.71. The highest BCUT2D eigenvalue weighted by molar-refractivity contribution is 9.10. The van der Waals surface area contributed by atoms with Crippen molar-refractivity contribution >= 4 is 27.7 Å². The Kier molecular flexibility index (Phi) is 6.45. The first-order valence-corrected chi connectivity index (χ1v) is 10.0. The van der Waals surface area contributed by atoms with Crippen molar-refractivity contribution in [2.45, 2.75) is 43.8 Å². The number of nitrogens with zero attached hydrogens (tertiary/aromatic N) is 3. The average molecular weight is 466 g/mol. The van der Waals surface area contributed by atoms with Gasteiger partial charge in [0.1, 0.15) is 4.60 Å². The molecule has 1 aliphatic carbocycles. The smallest absolute Gasteiger partial charge is 0.382 e. The standard InChI is InChI=1S/C17H23BrF3N5O2/c18-13-12(17(19,20)21)25-14(22)11(24-13)15(27)23-10-16(4-2-1-3-5-16)26-6-8-28-9-7-26/h1-10H2,(H2,22,25)(H,23,27). The Morgan fingerprint density at radius 2 is 1.86 bits per heavy atom. The maximum Gasteiger partial charge on any atom is 0.436 e. The van der Waals surface area contributed by atoms with E-state index in [0.717, 1.165) is 45.2 Å². The lowest BCUT2D eigenvalue weighted by atomic mass is 9.79. The maximum atomic E-state index is 12.9. The minimum absolute atomic E-state index is 0.178. The van der Waals surface area contributed by atoms with Gasteiger partial charge in [-0.25, -0.2) is 9.97 Å². The Bertz CT molecular complexity index is 719. The normalized spacial score (nSPS) is 20.7. The van der Waals surface area contributed by atoms with Gasteiger partial charge < -0.3 is 15.8 Å². The number of ether oxygens (including phenoxy) is 1. The minimum Gasteiger partial charge on any atom is -0.382 e. The van der Waals surface area contributed by atoms with E-state index in [4.69, 9.17) is 10.5 Å². The fourth-order valence-electron chi connectivity index (χ4n) is 3.96. The molecule has 0 spiro atoms. The maximum absolute atomic E-state index is 12.9. The topological polar surface area (TPSA) is 93.4 Å². The fraction of sp³-hybridized carbons (Fsp3) is 0.706. The summed E-state index contributed by atoms with van der Waals surface area (Å²) in [5, 5.41) is 2.83. The summed E-state index contributed by atoms with van der Waals surface area (Å²) in [6.07, 6.45) is 0.486. The van der Waals surface area contributed by atoms with Gasteiger partial charge in [0.25, 0.3) is 5.91 Å². The number of nitrogens with one attached hydrogen (secondary N) is 1. The highest BCUT2D eigenvalue weighted by Gasteiger charge is 2.40. The van der Waals surface area contributed by atoms with Gasteiger partial charge in [0.2, 0.25) is 0 Å². The highest BCUT2D eigenvalue weighted by Crippen LogP contribution is 2.35. The Hall–Kier alpha value is -1.46. The first-order chi connectivity index (χ1) is 13.2. The van der Waals surface area contributed by atoms with Gasteiger partial charge in [-0.1, -0.05) is 19.3 Å². The van der Waals surface area contributed by atoms with Crippen molar-refractivity contribution in [3.63, 3.8) is 0 Å². The Morgan fingerprint density at radius 1 is 1.21 bits per heavy atom. The number of aromatic nitrogens is 2. The van der Waals surface area contributed by atoms with Crippen LogP contribution in [0, 0.1) is 0 Å². The molecule has 1 saturated carbocycles. The van der Waals surface area contributed by atoms with E-state index < -0.39 is 28.2 Å². The van der Waals surface area contributed by atoms with Crippen molar-refractivity contribution in [2.75, 3.05) is 38.6 Å². The van der Waals surface area contributed by atoms with Gasteiger partial charge in [0.15, 0.2) is 17.2 Å². The molecule has 11 heteroatoms. The zero-order chi connectivity index (χ0) is 20.4. The number of hydrogen-bond donors (Lipinski definition) is 2. The number of anilines is 1. The van der Waals surface area contributed by atoms with Crippen LogP contribution in [-0.4, -0.2) is 59.2 Å². The van der Waals surface area contributed by atoms with Crippen LogP contribution in [0.1, 0.15) is 48.3 Å². The Balaban J connectivity index is 1.75. The molecule has 2 fully saturated rings. The average Bonchev–Trinajstić information content (AvgIpc) is 2.68. The summed E-state index contributed by atoms with van der Waals surface area (Å²) in [4.78, 5) is 22.0. The van der Waals surface area contributed by atoms with Crippen LogP contribution in [0.5, 0.6) is 0 Å². The summed E-state index contributed by atoms with van der Waals surface area (Å²) in [5.41, 5.74) is 3.85. The molecular formula is C17H23BrF3N5O2. The molecule has 7 nitrogen and oxygen atoms in total. The lowest BCUT2D eigenvalue weighted by molar-refractivity contribution is -0.142. The second-order valence-corrected chi connectivity index (χ2v) is 7.91. The zero-order valence-electron chi connectivity index (χ0n) is 15.3. The lowest BCUT2D eigenvalue weighted by Crippen LogP contribution is -2.59. The van der Waals surface area contributed by atoms with Gasteiger partial charge in [0.05, 0.1) is 13.2 Å². The number of morpholine rings is 1. The first kappa shape index (κ1) is 21.3. The van der Waals surface area contributed by atoms with Gasteiger partial charge in [-0.2, -0.15) is 13.2 Å². The number of hydrogen-bond acceptors (Lipinski definition) is 6. The van der Waals surface area contributed by atoms with Gasteiger partial charge in [-0.3, -0.25) is 9.69 Å². The predicted octanol–water partition coefficient (Wildman–Crippen LogP) is 2.61. The summed E-state index contributed by atoms with van der Waals surface area (Å²) in [5.74, 6) is -1.17. The van der Waals surface area contributed by atoms with Crippen LogP contribution in [-0.2, 0) is 10.9 Å². The molecule has 3 rings (SSSR count). The highest BCUT2D eigenvalue weighted by atomic mass is 79.9. The fourth-order valence-corrected chi connectivity index (χ4v) is 4.45. The van der Waals surface area contributed by atoms with E-state index in [-0.39, 0.29) is 11.2 Å². The molecule has 0 radical (unpaired) electrons. The van der Waals surface area contributed by atoms with Crippen molar-refractivity contribution in [3.05, 3.63) is 16.0 Å². The Labute approximate surface area is 169 Å². The first-order valence-electron chi connectivity index (χ1n) is 9.24. The van der Waals surface area contributed by atoms with Crippen LogP contribution in [0.15, 0.2) is 4.60 Å². The largest absolute Gasteiger partial charge is 0.436 e. The molecule has 1 saturated heterocycles. The molecule has 2 aliphatic rings. The number of rotatable bonds is 4. The molecule has 156 valence electrons. The van der Waals surface area contributed by atoms with Gasteiger partial charge in [0, 0.05) is 25.2 Å². The number of halogens is 4. The monoisotopic (exact) mass is 465 g/mol. The summed E-state index contributed by atoms with van der Waals surface area (Å²) < 4.78 is 43.6. The summed E-state index contributed by atoms with van der Waals surface area (Å²) in [6.45, 7) is 3.28. The number of nitrogen functional groups attached to an aromatic ring is 1. The van der Waals surface area contributed by atoms with E-state index in [9.17, 15) is 18.0 Å². The van der Waals surface area contributed by atoms with Crippen LogP contribution in [0.2, 0.25) is 0 Å². The van der Waals surface area contributed by atoms with Gasteiger partial charge >= 0.3 is 6.18 Å². The molecular weight excluding hydrogens is 443 g/mol. The number of alkyl halides is 3. The van der Waals surface area contributed by atoms with E-state index >= 15 is 0 Å². The quantitative estimate of drug-likeness (QED) is 0.709. The number of carbonyl (C=O) groups is 1. The van der Waals surface area contributed by atoms with Crippen molar-refractivity contribution in [3.8, 4) is 0 Å². The molecule has 0 aromatic carbocycles. The molecule has 0 atom stereocenters. The molecule has 1 aliphatic heterocycles. The van der Waals surface area contributed by atoms with Gasteiger partial charge in [-0.15, -0.1) is 0 Å². The van der Waals surface area contributed by atoms with E-state index in [1.54, 1.807) is 0 Å². The van der Waals surface area contributed by atoms with E-state index in [1.807, 2.05) is 0 Å². The summed E-state index contributed by atoms with van der Waals surface area (Å²) >= 11 is 2.73. The lowest BCUT2D eigenvalue weighted by Gasteiger charge is -2.48. The van der Waals surface area contributed by atoms with Crippen molar-refractivity contribution in [1.82, 2.24) is 20.2 Å². The van der Waals surface area contributed by atoms with E-state index in [2.05, 4.69) is 36.1 Å². The second kappa shape index (κ2) is 8.50. The van der Waals surface area contributed by atoms with E-state index in [0.29, 0.717) is 19.8 Å². The van der Waals surface area contributed by atoms with Gasteiger partial charge in [-0.05, 0) is 28.8 Å². The van der Waals surface area contributed by atoms with Crippen LogP contribution in [0.4, 0.5) is 19.0 Å². The van der Waals surface area contributed by atoms with Crippen molar-refractivity contribution in [1.29, 1.82) is 0 Å². The van der Waals surface area contributed by atoms with Crippen LogP contribution in [0.25, 0.3) is 0 Å². The summed E-state index contributed by atoms with van der Waals surface area (Å²) in [6, 6.07) is 0. The molecule has 2 heterocycles. The molecule has 1 aromatic rings. The molecule has 0 unspecified atom stereocenters. The molecule has 1 amide bonds. The van der Waals surface area contributed by atoms with E-state index in [1.165, 1.54) is 0 Å². The second-order valence-electron chi connectivity index (χ2n) is 7.16. The van der Waals surface area contributed by atoms with Crippen LogP contribution < -0.4 is 11.1 Å². The Morgan fingerprint density at radius 3 is 2.46 bits per heavy atom. The van der Waals surface area contributed by atoms with Crippen molar-refractivity contribution < 1.29 is 22.7 Å². The third-order valence-corrected chi connectivity index (χ3v) is 5.96. The molecule has 1 aromatic heterocycles. The molecule has 28 heavy (non-hydrogen) atoms. The van der Waals surface area contributed by atoms with Crippen LogP contribution >= 0.6 is 15.9 Å². The third-order valence-electron chi connectivity index (χ3n) is 5.41. The summed E-state index contributed by atoms with van der Waals surface area (Å²) in [7, 11) is 0. The van der Waals surface area contributed by atoms with Crippen molar-refractivity contribution in [2.24, 2.45) is 0 Å². The SMILES string of the molecule is Nc1nc(C(F)(F)F)c(Br)nc1C(=O)NCC1(N2CCOCC2)CCCCC1. The number of amides is 1. The zero-order valence-corrected chi connectivity index (χ0v) is 16.9. The third kappa shape index (κ3) is 4.57.